The lowest BCUT2D eigenvalue weighted by molar-refractivity contribution is 0.194. The fourth-order valence-electron chi connectivity index (χ4n) is 0.521. The summed E-state index contributed by atoms with van der Waals surface area (Å²) in [7, 11) is 3.23. The van der Waals surface area contributed by atoms with Gasteiger partial charge in [-0.1, -0.05) is 0 Å². The first-order chi connectivity index (χ1) is 4.56. The highest BCUT2D eigenvalue weighted by Gasteiger charge is 2.02. The van der Waals surface area contributed by atoms with Crippen molar-refractivity contribution >= 4 is 19.7 Å². The van der Waals surface area contributed by atoms with Gasteiger partial charge in [-0.15, -0.1) is 0 Å². The molecule has 3 nitrogen and oxygen atoms in total. The molecule has 0 rings (SSSR count). The number of hydrogen-bond acceptors (Lipinski definition) is 3. The van der Waals surface area contributed by atoms with Gasteiger partial charge in [0.25, 0.3) is 0 Å². The number of methoxy groups -OCH3 is 1. The van der Waals surface area contributed by atoms with Crippen molar-refractivity contribution in [2.75, 3.05) is 19.5 Å². The molecule has 0 spiro atoms. The van der Waals surface area contributed by atoms with Crippen LogP contribution in [0.25, 0.3) is 0 Å². The van der Waals surface area contributed by atoms with Crippen molar-refractivity contribution in [3.63, 3.8) is 0 Å². The highest BCUT2D eigenvalue weighted by Crippen LogP contribution is 2.00. The van der Waals surface area contributed by atoms with Gasteiger partial charge in [0.15, 0.2) is 0 Å². The van der Waals surface area contributed by atoms with Gasteiger partial charge in [-0.05, 0) is 12.8 Å². The third kappa shape index (κ3) is 8.20. The molecule has 5 heteroatoms. The van der Waals surface area contributed by atoms with Crippen LogP contribution < -0.4 is 0 Å². The van der Waals surface area contributed by atoms with Gasteiger partial charge in [-0.25, -0.2) is 8.42 Å². The lowest BCUT2D eigenvalue weighted by Gasteiger charge is -1.95. The van der Waals surface area contributed by atoms with E-state index < -0.39 is 9.05 Å². The Labute approximate surface area is 65.7 Å². The topological polar surface area (TPSA) is 43.4 Å². The Hall–Kier alpha value is 0.200. The van der Waals surface area contributed by atoms with E-state index in [9.17, 15) is 8.42 Å². The maximum absolute atomic E-state index is 10.3. The van der Waals surface area contributed by atoms with E-state index in [-0.39, 0.29) is 5.75 Å². The fraction of sp³-hybridized carbons (Fsp3) is 1.00. The molecule has 0 fully saturated rings. The van der Waals surface area contributed by atoms with E-state index in [1.54, 1.807) is 7.11 Å². The summed E-state index contributed by atoms with van der Waals surface area (Å²) in [6, 6.07) is 0. The minimum atomic E-state index is -3.29. The van der Waals surface area contributed by atoms with Crippen molar-refractivity contribution < 1.29 is 13.2 Å². The first-order valence-corrected chi connectivity index (χ1v) is 5.45. The van der Waals surface area contributed by atoms with Crippen LogP contribution in [0.4, 0.5) is 0 Å². The molecule has 0 saturated carbocycles. The predicted octanol–water partition coefficient (Wildman–Crippen LogP) is 0.982. The summed E-state index contributed by atoms with van der Waals surface area (Å²) in [5, 5.41) is 0. The Morgan fingerprint density at radius 1 is 1.40 bits per heavy atom. The van der Waals surface area contributed by atoms with Gasteiger partial charge in [0, 0.05) is 24.4 Å². The molecule has 0 aromatic carbocycles. The van der Waals surface area contributed by atoms with Crippen LogP contribution in [0.3, 0.4) is 0 Å². The number of unbranched alkanes of at least 4 members (excludes halogenated alkanes) is 1. The summed E-state index contributed by atoms with van der Waals surface area (Å²) in [5.74, 6) is 0.0396. The molecule has 0 aliphatic carbocycles. The standard InChI is InChI=1S/C5H11ClO3S/c1-9-4-2-3-5-10(6,7)8/h2-5H2,1H3. The minimum absolute atomic E-state index is 0.0396. The normalized spacial score (nSPS) is 11.8. The van der Waals surface area contributed by atoms with E-state index >= 15 is 0 Å². The predicted molar refractivity (Wildman–Crippen MR) is 40.7 cm³/mol. The summed E-state index contributed by atoms with van der Waals surface area (Å²) >= 11 is 0. The number of halogens is 1. The molecule has 0 amide bonds. The van der Waals surface area contributed by atoms with Crippen LogP contribution >= 0.6 is 10.7 Å². The van der Waals surface area contributed by atoms with E-state index in [0.29, 0.717) is 13.0 Å². The average molecular weight is 187 g/mol. The third-order valence-corrected chi connectivity index (χ3v) is 2.23. The Balaban J connectivity index is 3.21. The van der Waals surface area contributed by atoms with Gasteiger partial charge in [0.05, 0.1) is 5.75 Å². The largest absolute Gasteiger partial charge is 0.385 e. The molecule has 0 aromatic heterocycles. The van der Waals surface area contributed by atoms with Crippen molar-refractivity contribution in [2.24, 2.45) is 0 Å². The van der Waals surface area contributed by atoms with Gasteiger partial charge < -0.3 is 4.74 Å². The van der Waals surface area contributed by atoms with Crippen LogP contribution in [0.15, 0.2) is 0 Å². The Morgan fingerprint density at radius 3 is 2.40 bits per heavy atom. The second-order valence-corrected chi connectivity index (χ2v) is 4.84. The lowest BCUT2D eigenvalue weighted by atomic mass is 10.4. The van der Waals surface area contributed by atoms with Gasteiger partial charge in [0.1, 0.15) is 0 Å². The highest BCUT2D eigenvalue weighted by atomic mass is 35.7. The minimum Gasteiger partial charge on any atom is -0.385 e. The molecule has 0 aromatic rings. The van der Waals surface area contributed by atoms with E-state index in [0.717, 1.165) is 6.42 Å². The first kappa shape index (κ1) is 10.2. The summed E-state index contributed by atoms with van der Waals surface area (Å²) < 4.78 is 25.4. The molecule has 0 bridgehead atoms. The number of hydrogen-bond donors (Lipinski definition) is 0. The zero-order valence-corrected chi connectivity index (χ0v) is 7.41. The first-order valence-electron chi connectivity index (χ1n) is 2.97. The Morgan fingerprint density at radius 2 is 2.00 bits per heavy atom. The van der Waals surface area contributed by atoms with E-state index in [4.69, 9.17) is 15.4 Å². The summed E-state index contributed by atoms with van der Waals surface area (Å²) in [6.45, 7) is 0.590. The van der Waals surface area contributed by atoms with Crippen LogP contribution in [0.1, 0.15) is 12.8 Å². The molecule has 10 heavy (non-hydrogen) atoms. The summed E-state index contributed by atoms with van der Waals surface area (Å²) in [5.41, 5.74) is 0. The average Bonchev–Trinajstić information content (AvgIpc) is 1.78. The van der Waals surface area contributed by atoms with Crippen molar-refractivity contribution in [3.05, 3.63) is 0 Å². The van der Waals surface area contributed by atoms with Gasteiger partial charge in [-0.3, -0.25) is 0 Å². The van der Waals surface area contributed by atoms with Crippen LogP contribution in [0.2, 0.25) is 0 Å². The zero-order valence-electron chi connectivity index (χ0n) is 5.84. The molecule has 0 aliphatic rings. The maximum Gasteiger partial charge on any atom is 0.232 e. The molecule has 0 unspecified atom stereocenters. The van der Waals surface area contributed by atoms with E-state index in [1.165, 1.54) is 0 Å². The molecule has 0 saturated heterocycles. The summed E-state index contributed by atoms with van der Waals surface area (Å²) in [6.07, 6.45) is 1.31. The Bertz CT molecular complexity index is 164. The second kappa shape index (κ2) is 4.93. The van der Waals surface area contributed by atoms with E-state index in [2.05, 4.69) is 0 Å². The zero-order chi connectivity index (χ0) is 8.04. The highest BCUT2D eigenvalue weighted by molar-refractivity contribution is 8.13. The smallest absolute Gasteiger partial charge is 0.232 e. The monoisotopic (exact) mass is 186 g/mol. The molecule has 62 valence electrons. The van der Waals surface area contributed by atoms with Crippen LogP contribution in [0, 0.1) is 0 Å². The quantitative estimate of drug-likeness (QED) is 0.475. The Kier molecular flexibility index (Phi) is 5.03. The second-order valence-electron chi connectivity index (χ2n) is 1.94. The lowest BCUT2D eigenvalue weighted by Crippen LogP contribution is -1.98. The van der Waals surface area contributed by atoms with Gasteiger partial charge in [0.2, 0.25) is 9.05 Å². The maximum atomic E-state index is 10.3. The SMILES string of the molecule is COCCCCS(=O)(=O)Cl. The molecule has 0 aliphatic heterocycles. The van der Waals surface area contributed by atoms with Crippen LogP contribution in [-0.2, 0) is 13.8 Å². The fourth-order valence-corrected chi connectivity index (χ4v) is 1.40. The molecule has 0 radical (unpaired) electrons. The molecule has 0 heterocycles. The van der Waals surface area contributed by atoms with E-state index in [1.807, 2.05) is 0 Å². The van der Waals surface area contributed by atoms with Gasteiger partial charge in [-0.2, -0.15) is 0 Å². The summed E-state index contributed by atoms with van der Waals surface area (Å²) in [4.78, 5) is 0. The van der Waals surface area contributed by atoms with Crippen LogP contribution in [-0.4, -0.2) is 27.9 Å². The molecule has 0 N–H and O–H groups in total. The number of ether oxygens (including phenoxy) is 1. The van der Waals surface area contributed by atoms with Crippen molar-refractivity contribution in [1.82, 2.24) is 0 Å². The van der Waals surface area contributed by atoms with Gasteiger partial charge >= 0.3 is 0 Å². The number of rotatable bonds is 5. The van der Waals surface area contributed by atoms with Crippen LogP contribution in [0.5, 0.6) is 0 Å². The molecule has 0 atom stereocenters. The van der Waals surface area contributed by atoms with Crippen molar-refractivity contribution in [3.8, 4) is 0 Å². The molecular formula is C5H11ClO3S. The van der Waals surface area contributed by atoms with Crippen molar-refractivity contribution in [2.45, 2.75) is 12.8 Å². The van der Waals surface area contributed by atoms with Crippen molar-refractivity contribution in [1.29, 1.82) is 0 Å². The third-order valence-electron chi connectivity index (χ3n) is 0.987. The molecular weight excluding hydrogens is 176 g/mol.